The molecule has 3 nitrogen and oxygen atoms in total. The fraction of sp³-hybridized carbons (Fsp3) is 0.562. The largest absolute Gasteiger partial charge is 0.336 e. The monoisotopic (exact) mass is 336 g/mol. The van der Waals surface area contributed by atoms with E-state index in [0.29, 0.717) is 0 Å². The highest BCUT2D eigenvalue weighted by molar-refractivity contribution is 9.08. The summed E-state index contributed by atoms with van der Waals surface area (Å²) in [7, 11) is 0. The Labute approximate surface area is 129 Å². The van der Waals surface area contributed by atoms with E-state index in [1.165, 1.54) is 24.9 Å². The third-order valence-corrected chi connectivity index (χ3v) is 4.88. The van der Waals surface area contributed by atoms with E-state index in [1.54, 1.807) is 0 Å². The van der Waals surface area contributed by atoms with Crippen LogP contribution in [0, 0.1) is 5.92 Å². The fourth-order valence-electron chi connectivity index (χ4n) is 2.72. The lowest BCUT2D eigenvalue weighted by Crippen LogP contribution is -2.49. The molecule has 3 rings (SSSR count). The number of amides is 1. The van der Waals surface area contributed by atoms with E-state index in [0.717, 1.165) is 43.0 Å². The number of piperazine rings is 1. The van der Waals surface area contributed by atoms with Gasteiger partial charge in [0, 0.05) is 43.6 Å². The van der Waals surface area contributed by atoms with Crippen LogP contribution in [0.3, 0.4) is 0 Å². The zero-order chi connectivity index (χ0) is 13.9. The third kappa shape index (κ3) is 3.41. The van der Waals surface area contributed by atoms with E-state index in [1.807, 2.05) is 29.2 Å². The molecule has 0 unspecified atom stereocenters. The molecule has 0 aromatic heterocycles. The lowest BCUT2D eigenvalue weighted by Gasteiger charge is -2.34. The summed E-state index contributed by atoms with van der Waals surface area (Å²) in [6.07, 6.45) is 2.80. The van der Waals surface area contributed by atoms with E-state index in [-0.39, 0.29) is 5.91 Å². The van der Waals surface area contributed by atoms with Gasteiger partial charge in [0.2, 0.25) is 0 Å². The molecule has 0 atom stereocenters. The predicted octanol–water partition coefficient (Wildman–Crippen LogP) is 2.75. The highest BCUT2D eigenvalue weighted by Gasteiger charge is 2.27. The number of hydrogen-bond donors (Lipinski definition) is 0. The molecule has 1 saturated heterocycles. The van der Waals surface area contributed by atoms with Crippen molar-refractivity contribution in [2.24, 2.45) is 5.92 Å². The van der Waals surface area contributed by atoms with Gasteiger partial charge in [-0.2, -0.15) is 0 Å². The number of rotatable bonds is 4. The molecule has 0 N–H and O–H groups in total. The van der Waals surface area contributed by atoms with Gasteiger partial charge < -0.3 is 4.90 Å². The molecule has 1 aliphatic carbocycles. The third-order valence-electron chi connectivity index (χ3n) is 4.23. The Balaban J connectivity index is 1.54. The molecule has 2 fully saturated rings. The Morgan fingerprint density at radius 2 is 1.75 bits per heavy atom. The Hall–Kier alpha value is -0.870. The van der Waals surface area contributed by atoms with Gasteiger partial charge in [-0.25, -0.2) is 0 Å². The SMILES string of the molecule is O=C(c1ccc(CBr)cc1)N1CCN(CC2CC2)CC1. The molecule has 0 bridgehead atoms. The lowest BCUT2D eigenvalue weighted by molar-refractivity contribution is 0.0632. The molecule has 4 heteroatoms. The van der Waals surface area contributed by atoms with E-state index in [4.69, 9.17) is 0 Å². The number of carbonyl (C=O) groups excluding carboxylic acids is 1. The molecule has 1 aromatic rings. The number of benzene rings is 1. The van der Waals surface area contributed by atoms with Crippen LogP contribution in [-0.2, 0) is 5.33 Å². The second-order valence-electron chi connectivity index (χ2n) is 5.87. The maximum absolute atomic E-state index is 12.4. The second-order valence-corrected chi connectivity index (χ2v) is 6.43. The van der Waals surface area contributed by atoms with Crippen LogP contribution >= 0.6 is 15.9 Å². The summed E-state index contributed by atoms with van der Waals surface area (Å²) in [5.74, 6) is 1.12. The van der Waals surface area contributed by atoms with Gasteiger partial charge in [0.05, 0.1) is 0 Å². The number of hydrogen-bond acceptors (Lipinski definition) is 2. The molecular formula is C16H21BrN2O. The molecule has 1 aliphatic heterocycles. The maximum Gasteiger partial charge on any atom is 0.253 e. The Morgan fingerprint density at radius 3 is 2.30 bits per heavy atom. The van der Waals surface area contributed by atoms with Gasteiger partial charge in [-0.3, -0.25) is 9.69 Å². The summed E-state index contributed by atoms with van der Waals surface area (Å²) >= 11 is 3.43. The Morgan fingerprint density at radius 1 is 1.10 bits per heavy atom. The number of alkyl halides is 1. The predicted molar refractivity (Wildman–Crippen MR) is 84.1 cm³/mol. The normalized spacial score (nSPS) is 20.1. The summed E-state index contributed by atoms with van der Waals surface area (Å²) in [5.41, 5.74) is 2.01. The topological polar surface area (TPSA) is 23.6 Å². The average Bonchev–Trinajstić information content (AvgIpc) is 3.31. The van der Waals surface area contributed by atoms with Crippen LogP contribution in [0.1, 0.15) is 28.8 Å². The Kier molecular flexibility index (Phi) is 4.41. The maximum atomic E-state index is 12.4. The minimum absolute atomic E-state index is 0.178. The molecular weight excluding hydrogens is 316 g/mol. The molecule has 1 heterocycles. The minimum Gasteiger partial charge on any atom is -0.336 e. The van der Waals surface area contributed by atoms with Gasteiger partial charge in [-0.05, 0) is 36.5 Å². The standard InChI is InChI=1S/C16H21BrN2O/c17-11-13-3-5-15(6-4-13)16(20)19-9-7-18(8-10-19)12-14-1-2-14/h3-6,14H,1-2,7-12H2. The highest BCUT2D eigenvalue weighted by Crippen LogP contribution is 2.30. The van der Waals surface area contributed by atoms with Crippen molar-refractivity contribution in [1.82, 2.24) is 9.80 Å². The number of nitrogens with zero attached hydrogens (tertiary/aromatic N) is 2. The summed E-state index contributed by atoms with van der Waals surface area (Å²) in [5, 5.41) is 0.835. The first-order valence-corrected chi connectivity index (χ1v) is 8.55. The molecule has 1 aromatic carbocycles. The fourth-order valence-corrected chi connectivity index (χ4v) is 3.09. The van der Waals surface area contributed by atoms with Crippen molar-refractivity contribution >= 4 is 21.8 Å². The van der Waals surface area contributed by atoms with Gasteiger partial charge in [-0.1, -0.05) is 28.1 Å². The van der Waals surface area contributed by atoms with Crippen LogP contribution in [0.2, 0.25) is 0 Å². The van der Waals surface area contributed by atoms with Crippen molar-refractivity contribution in [1.29, 1.82) is 0 Å². The van der Waals surface area contributed by atoms with Crippen molar-refractivity contribution in [3.05, 3.63) is 35.4 Å². The van der Waals surface area contributed by atoms with Crippen LogP contribution in [0.15, 0.2) is 24.3 Å². The molecule has 2 aliphatic rings. The van der Waals surface area contributed by atoms with Crippen molar-refractivity contribution in [2.45, 2.75) is 18.2 Å². The van der Waals surface area contributed by atoms with Gasteiger partial charge >= 0.3 is 0 Å². The van der Waals surface area contributed by atoms with Crippen LogP contribution < -0.4 is 0 Å². The number of carbonyl (C=O) groups is 1. The molecule has 1 saturated carbocycles. The minimum atomic E-state index is 0.178. The van der Waals surface area contributed by atoms with Crippen molar-refractivity contribution in [3.63, 3.8) is 0 Å². The molecule has 108 valence electrons. The van der Waals surface area contributed by atoms with Gasteiger partial charge in [0.1, 0.15) is 0 Å². The summed E-state index contributed by atoms with van der Waals surface area (Å²) in [4.78, 5) is 16.9. The van der Waals surface area contributed by atoms with Gasteiger partial charge in [0.25, 0.3) is 5.91 Å². The quantitative estimate of drug-likeness (QED) is 0.789. The smallest absolute Gasteiger partial charge is 0.253 e. The number of halogens is 1. The molecule has 20 heavy (non-hydrogen) atoms. The van der Waals surface area contributed by atoms with Crippen LogP contribution in [-0.4, -0.2) is 48.4 Å². The van der Waals surface area contributed by atoms with Crippen molar-refractivity contribution < 1.29 is 4.79 Å². The first-order chi connectivity index (χ1) is 9.76. The average molecular weight is 337 g/mol. The summed E-state index contributed by atoms with van der Waals surface area (Å²) in [6.45, 7) is 5.03. The first-order valence-electron chi connectivity index (χ1n) is 7.43. The van der Waals surface area contributed by atoms with Gasteiger partial charge in [0.15, 0.2) is 0 Å². The van der Waals surface area contributed by atoms with Gasteiger partial charge in [-0.15, -0.1) is 0 Å². The second kappa shape index (κ2) is 6.27. The molecule has 1 amide bonds. The summed E-state index contributed by atoms with van der Waals surface area (Å²) in [6, 6.07) is 7.92. The first kappa shape index (κ1) is 14.1. The van der Waals surface area contributed by atoms with Crippen molar-refractivity contribution in [2.75, 3.05) is 32.7 Å². The molecule has 0 radical (unpaired) electrons. The highest BCUT2D eigenvalue weighted by atomic mass is 79.9. The Bertz CT molecular complexity index is 462. The van der Waals surface area contributed by atoms with Crippen LogP contribution in [0.25, 0.3) is 0 Å². The van der Waals surface area contributed by atoms with Crippen LogP contribution in [0.4, 0.5) is 0 Å². The van der Waals surface area contributed by atoms with E-state index >= 15 is 0 Å². The van der Waals surface area contributed by atoms with E-state index in [9.17, 15) is 4.79 Å². The zero-order valence-corrected chi connectivity index (χ0v) is 13.3. The van der Waals surface area contributed by atoms with Crippen molar-refractivity contribution in [3.8, 4) is 0 Å². The van der Waals surface area contributed by atoms with E-state index < -0.39 is 0 Å². The zero-order valence-electron chi connectivity index (χ0n) is 11.7. The lowest BCUT2D eigenvalue weighted by atomic mass is 10.1. The summed E-state index contributed by atoms with van der Waals surface area (Å²) < 4.78 is 0. The van der Waals surface area contributed by atoms with Crippen LogP contribution in [0.5, 0.6) is 0 Å². The molecule has 0 spiro atoms. The van der Waals surface area contributed by atoms with E-state index in [2.05, 4.69) is 20.8 Å².